The summed E-state index contributed by atoms with van der Waals surface area (Å²) in [6.45, 7) is 0. The maximum atomic E-state index is 8.80. The predicted molar refractivity (Wildman–Crippen MR) is 75.9 cm³/mol. The lowest BCUT2D eigenvalue weighted by Crippen LogP contribution is -1.98. The van der Waals surface area contributed by atoms with Crippen LogP contribution >= 0.6 is 15.9 Å². The summed E-state index contributed by atoms with van der Waals surface area (Å²) in [5.74, 6) is 1.54. The molecule has 0 atom stereocenters. The second-order valence-corrected chi connectivity index (χ2v) is 4.44. The van der Waals surface area contributed by atoms with Crippen molar-refractivity contribution >= 4 is 33.3 Å². The largest absolute Gasteiger partial charge is 0.373 e. The topological polar surface area (TPSA) is 60.7 Å². The number of hydrogen-bond acceptors (Lipinski definition) is 4. The SMILES string of the molecule is CNc1cccc(Nc2ccc(C#N)cc2Br)n1. The van der Waals surface area contributed by atoms with Crippen LogP contribution in [0.5, 0.6) is 0 Å². The van der Waals surface area contributed by atoms with E-state index in [-0.39, 0.29) is 0 Å². The molecule has 2 aromatic rings. The highest BCUT2D eigenvalue weighted by Crippen LogP contribution is 2.26. The maximum absolute atomic E-state index is 8.80. The summed E-state index contributed by atoms with van der Waals surface area (Å²) in [5, 5.41) is 15.0. The fraction of sp³-hybridized carbons (Fsp3) is 0.0769. The number of nitrogens with zero attached hydrogens (tertiary/aromatic N) is 2. The van der Waals surface area contributed by atoms with Gasteiger partial charge in [0.05, 0.1) is 17.3 Å². The molecule has 0 aliphatic rings. The first-order valence-electron chi connectivity index (χ1n) is 5.34. The van der Waals surface area contributed by atoms with Crippen molar-refractivity contribution in [2.24, 2.45) is 0 Å². The van der Waals surface area contributed by atoms with Gasteiger partial charge in [0.2, 0.25) is 0 Å². The van der Waals surface area contributed by atoms with E-state index >= 15 is 0 Å². The lowest BCUT2D eigenvalue weighted by Gasteiger charge is -2.09. The van der Waals surface area contributed by atoms with E-state index < -0.39 is 0 Å². The Balaban J connectivity index is 2.26. The molecule has 1 aromatic carbocycles. The Bertz CT molecular complexity index is 604. The maximum Gasteiger partial charge on any atom is 0.132 e. The third-order valence-electron chi connectivity index (χ3n) is 2.37. The number of anilines is 3. The van der Waals surface area contributed by atoms with Gasteiger partial charge in [-0.25, -0.2) is 4.98 Å². The summed E-state index contributed by atoms with van der Waals surface area (Å²) < 4.78 is 0.832. The average Bonchev–Trinajstić information content (AvgIpc) is 2.41. The minimum Gasteiger partial charge on any atom is -0.373 e. The molecule has 0 fully saturated rings. The monoisotopic (exact) mass is 302 g/mol. The second-order valence-electron chi connectivity index (χ2n) is 3.59. The fourth-order valence-corrected chi connectivity index (χ4v) is 1.95. The molecule has 5 heteroatoms. The molecule has 0 spiro atoms. The van der Waals surface area contributed by atoms with E-state index in [1.807, 2.05) is 31.3 Å². The van der Waals surface area contributed by atoms with Gasteiger partial charge in [-0.3, -0.25) is 0 Å². The van der Waals surface area contributed by atoms with Crippen LogP contribution in [0.1, 0.15) is 5.56 Å². The van der Waals surface area contributed by atoms with Crippen molar-refractivity contribution in [2.45, 2.75) is 0 Å². The molecule has 0 aliphatic carbocycles. The number of rotatable bonds is 3. The van der Waals surface area contributed by atoms with Gasteiger partial charge in [0.1, 0.15) is 11.6 Å². The van der Waals surface area contributed by atoms with Gasteiger partial charge >= 0.3 is 0 Å². The number of nitriles is 1. The van der Waals surface area contributed by atoms with Crippen molar-refractivity contribution in [3.8, 4) is 6.07 Å². The van der Waals surface area contributed by atoms with E-state index in [0.717, 1.165) is 21.8 Å². The third kappa shape index (κ3) is 2.79. The van der Waals surface area contributed by atoms with Crippen LogP contribution in [0.4, 0.5) is 17.3 Å². The van der Waals surface area contributed by atoms with E-state index in [0.29, 0.717) is 5.56 Å². The first kappa shape index (κ1) is 12.4. The molecule has 2 rings (SSSR count). The van der Waals surface area contributed by atoms with Crippen molar-refractivity contribution < 1.29 is 0 Å². The minimum absolute atomic E-state index is 0.615. The third-order valence-corrected chi connectivity index (χ3v) is 3.02. The Hall–Kier alpha value is -2.06. The Morgan fingerprint density at radius 3 is 2.67 bits per heavy atom. The zero-order valence-electron chi connectivity index (χ0n) is 9.74. The smallest absolute Gasteiger partial charge is 0.132 e. The van der Waals surface area contributed by atoms with Gasteiger partial charge in [-0.15, -0.1) is 0 Å². The molecule has 18 heavy (non-hydrogen) atoms. The molecule has 1 aromatic heterocycles. The molecule has 2 N–H and O–H groups in total. The number of pyridine rings is 1. The van der Waals surface area contributed by atoms with Gasteiger partial charge in [-0.2, -0.15) is 5.26 Å². The summed E-state index contributed by atoms with van der Waals surface area (Å²) in [6.07, 6.45) is 0. The number of nitrogens with one attached hydrogen (secondary N) is 2. The molecule has 0 amide bonds. The second kappa shape index (κ2) is 5.52. The molecule has 1 heterocycles. The van der Waals surface area contributed by atoms with Gasteiger partial charge < -0.3 is 10.6 Å². The van der Waals surface area contributed by atoms with Crippen LogP contribution in [0.25, 0.3) is 0 Å². The Labute approximate surface area is 114 Å². The molecule has 0 radical (unpaired) electrons. The van der Waals surface area contributed by atoms with Gasteiger partial charge in [-0.05, 0) is 46.3 Å². The first-order chi connectivity index (χ1) is 8.72. The number of halogens is 1. The Morgan fingerprint density at radius 1 is 1.22 bits per heavy atom. The van der Waals surface area contributed by atoms with E-state index in [1.54, 1.807) is 12.1 Å². The van der Waals surface area contributed by atoms with Crippen molar-refractivity contribution in [1.29, 1.82) is 5.26 Å². The summed E-state index contributed by atoms with van der Waals surface area (Å²) in [4.78, 5) is 4.36. The zero-order valence-corrected chi connectivity index (χ0v) is 11.3. The van der Waals surface area contributed by atoms with Crippen LogP contribution in [0.2, 0.25) is 0 Å². The van der Waals surface area contributed by atoms with Crippen molar-refractivity contribution in [2.75, 3.05) is 17.7 Å². The van der Waals surface area contributed by atoms with E-state index in [4.69, 9.17) is 5.26 Å². The van der Waals surface area contributed by atoms with Crippen molar-refractivity contribution in [3.05, 3.63) is 46.4 Å². The summed E-state index contributed by atoms with van der Waals surface area (Å²) in [6, 6.07) is 13.1. The van der Waals surface area contributed by atoms with Crippen LogP contribution in [0.15, 0.2) is 40.9 Å². The molecule has 0 aliphatic heterocycles. The van der Waals surface area contributed by atoms with Gasteiger partial charge in [0.25, 0.3) is 0 Å². The highest BCUT2D eigenvalue weighted by atomic mass is 79.9. The molecule has 0 bridgehead atoms. The predicted octanol–water partition coefficient (Wildman–Crippen LogP) is 3.50. The van der Waals surface area contributed by atoms with Gasteiger partial charge in [-0.1, -0.05) is 6.07 Å². The molecule has 0 saturated heterocycles. The number of hydrogen-bond donors (Lipinski definition) is 2. The Kier molecular flexibility index (Phi) is 3.80. The van der Waals surface area contributed by atoms with Crippen molar-refractivity contribution in [1.82, 2.24) is 4.98 Å². The number of benzene rings is 1. The molecular formula is C13H11BrN4. The van der Waals surface area contributed by atoms with Crippen LogP contribution in [0.3, 0.4) is 0 Å². The molecular weight excluding hydrogens is 292 g/mol. The molecule has 0 saturated carbocycles. The normalized spacial score (nSPS) is 9.61. The van der Waals surface area contributed by atoms with E-state index in [9.17, 15) is 0 Å². The Morgan fingerprint density at radius 2 is 2.00 bits per heavy atom. The highest BCUT2D eigenvalue weighted by molar-refractivity contribution is 9.10. The fourth-order valence-electron chi connectivity index (χ4n) is 1.47. The highest BCUT2D eigenvalue weighted by Gasteiger charge is 2.03. The van der Waals surface area contributed by atoms with E-state index in [2.05, 4.69) is 37.6 Å². The average molecular weight is 303 g/mol. The van der Waals surface area contributed by atoms with Crippen LogP contribution in [-0.4, -0.2) is 12.0 Å². The molecule has 4 nitrogen and oxygen atoms in total. The van der Waals surface area contributed by atoms with Gasteiger partial charge in [0.15, 0.2) is 0 Å². The number of aromatic nitrogens is 1. The quantitative estimate of drug-likeness (QED) is 0.911. The summed E-state index contributed by atoms with van der Waals surface area (Å²) >= 11 is 3.42. The summed E-state index contributed by atoms with van der Waals surface area (Å²) in [5.41, 5.74) is 1.49. The molecule has 0 unspecified atom stereocenters. The van der Waals surface area contributed by atoms with Crippen molar-refractivity contribution in [3.63, 3.8) is 0 Å². The molecule has 90 valence electrons. The van der Waals surface area contributed by atoms with Crippen LogP contribution < -0.4 is 10.6 Å². The summed E-state index contributed by atoms with van der Waals surface area (Å²) in [7, 11) is 1.82. The lowest BCUT2D eigenvalue weighted by molar-refractivity contribution is 1.27. The van der Waals surface area contributed by atoms with Crippen LogP contribution in [0, 0.1) is 11.3 Å². The first-order valence-corrected chi connectivity index (χ1v) is 6.13. The van der Waals surface area contributed by atoms with E-state index in [1.165, 1.54) is 0 Å². The standard InChI is InChI=1S/C13H11BrN4/c1-16-12-3-2-4-13(18-12)17-11-6-5-9(8-15)7-10(11)14/h2-7H,1H3,(H2,16,17,18). The zero-order chi connectivity index (χ0) is 13.0. The lowest BCUT2D eigenvalue weighted by atomic mass is 10.2. The van der Waals surface area contributed by atoms with Crippen LogP contribution in [-0.2, 0) is 0 Å². The van der Waals surface area contributed by atoms with Gasteiger partial charge in [0, 0.05) is 11.5 Å². The minimum atomic E-state index is 0.615.